The molecule has 0 aliphatic heterocycles. The van der Waals surface area contributed by atoms with Crippen LogP contribution in [0.15, 0.2) is 0 Å². The highest BCUT2D eigenvalue weighted by molar-refractivity contribution is 7.84. The Hall–Kier alpha value is 0.0700. The van der Waals surface area contributed by atoms with E-state index in [2.05, 4.69) is 5.32 Å². The smallest absolute Gasteiger partial charge is 0.0357 e. The van der Waals surface area contributed by atoms with Crippen molar-refractivity contribution in [2.45, 2.75) is 31.3 Å². The first-order valence-electron chi connectivity index (χ1n) is 4.47. The van der Waals surface area contributed by atoms with Crippen molar-refractivity contribution in [1.29, 1.82) is 0 Å². The fraction of sp³-hybridized carbons (Fsp3) is 1.00. The molecule has 0 bridgehead atoms. The van der Waals surface area contributed by atoms with Crippen LogP contribution < -0.4 is 11.1 Å². The summed E-state index contributed by atoms with van der Waals surface area (Å²) in [7, 11) is -0.668. The van der Waals surface area contributed by atoms with Crippen LogP contribution in [0.4, 0.5) is 0 Å². The van der Waals surface area contributed by atoms with Crippen LogP contribution in [-0.2, 0) is 10.8 Å². The first-order chi connectivity index (χ1) is 5.68. The van der Waals surface area contributed by atoms with Gasteiger partial charge in [-0.25, -0.2) is 0 Å². The molecule has 0 amide bonds. The fourth-order valence-corrected chi connectivity index (χ4v) is 2.01. The molecule has 0 heterocycles. The van der Waals surface area contributed by atoms with E-state index in [9.17, 15) is 4.21 Å². The molecule has 0 saturated heterocycles. The quantitative estimate of drug-likeness (QED) is 0.647. The van der Waals surface area contributed by atoms with Crippen molar-refractivity contribution in [3.05, 3.63) is 0 Å². The van der Waals surface area contributed by atoms with Gasteiger partial charge in [-0.2, -0.15) is 0 Å². The molecule has 0 aromatic heterocycles. The van der Waals surface area contributed by atoms with Gasteiger partial charge in [0.2, 0.25) is 0 Å². The van der Waals surface area contributed by atoms with E-state index in [0.717, 1.165) is 25.1 Å². The zero-order valence-corrected chi connectivity index (χ0v) is 8.40. The molecule has 1 fully saturated rings. The molecule has 4 heteroatoms. The van der Waals surface area contributed by atoms with E-state index in [1.165, 1.54) is 6.42 Å². The number of nitrogens with two attached hydrogens (primary N) is 1. The largest absolute Gasteiger partial charge is 0.328 e. The molecule has 3 atom stereocenters. The van der Waals surface area contributed by atoms with Crippen LogP contribution in [-0.4, -0.2) is 34.8 Å². The Morgan fingerprint density at radius 3 is 2.83 bits per heavy atom. The predicted molar refractivity (Wildman–Crippen MR) is 52.6 cm³/mol. The standard InChI is InChI=1S/C8H18N2OS/c1-12(11)5-4-10-8-3-2-7(9)6-8/h7-8,10H,2-6,9H2,1H3. The number of hydrogen-bond acceptors (Lipinski definition) is 3. The second kappa shape index (κ2) is 4.94. The molecule has 0 aromatic carbocycles. The summed E-state index contributed by atoms with van der Waals surface area (Å²) < 4.78 is 10.7. The van der Waals surface area contributed by atoms with Crippen LogP contribution >= 0.6 is 0 Å². The minimum Gasteiger partial charge on any atom is -0.328 e. The zero-order chi connectivity index (χ0) is 8.97. The first kappa shape index (κ1) is 10.2. The van der Waals surface area contributed by atoms with Crippen LogP contribution in [0.2, 0.25) is 0 Å². The Morgan fingerprint density at radius 2 is 2.33 bits per heavy atom. The number of rotatable bonds is 4. The maximum absolute atomic E-state index is 10.7. The van der Waals surface area contributed by atoms with Gasteiger partial charge in [-0.15, -0.1) is 0 Å². The summed E-state index contributed by atoms with van der Waals surface area (Å²) in [5.41, 5.74) is 5.76. The number of hydrogen-bond donors (Lipinski definition) is 2. The zero-order valence-electron chi connectivity index (χ0n) is 7.58. The molecule has 0 radical (unpaired) electrons. The summed E-state index contributed by atoms with van der Waals surface area (Å²) >= 11 is 0. The van der Waals surface area contributed by atoms with Gasteiger partial charge in [-0.05, 0) is 19.3 Å². The van der Waals surface area contributed by atoms with Gasteiger partial charge in [0.1, 0.15) is 0 Å². The van der Waals surface area contributed by atoms with Crippen molar-refractivity contribution in [2.24, 2.45) is 5.73 Å². The minimum absolute atomic E-state index is 0.384. The molecule has 1 aliphatic rings. The third kappa shape index (κ3) is 3.65. The summed E-state index contributed by atoms with van der Waals surface area (Å²) in [6.45, 7) is 0.862. The normalized spacial score (nSPS) is 32.2. The van der Waals surface area contributed by atoms with E-state index < -0.39 is 10.8 Å². The van der Waals surface area contributed by atoms with Crippen molar-refractivity contribution in [1.82, 2.24) is 5.32 Å². The third-order valence-electron chi connectivity index (χ3n) is 2.30. The van der Waals surface area contributed by atoms with E-state index in [-0.39, 0.29) is 0 Å². The highest BCUT2D eigenvalue weighted by Crippen LogP contribution is 2.16. The van der Waals surface area contributed by atoms with Gasteiger partial charge in [0.25, 0.3) is 0 Å². The summed E-state index contributed by atoms with van der Waals surface area (Å²) in [6.07, 6.45) is 5.13. The van der Waals surface area contributed by atoms with E-state index in [4.69, 9.17) is 5.73 Å². The lowest BCUT2D eigenvalue weighted by atomic mass is 10.2. The van der Waals surface area contributed by atoms with Crippen LogP contribution in [0.1, 0.15) is 19.3 Å². The fourth-order valence-electron chi connectivity index (χ4n) is 1.61. The second-order valence-electron chi connectivity index (χ2n) is 3.50. The Balaban J connectivity index is 2.04. The molecule has 3 nitrogen and oxygen atoms in total. The van der Waals surface area contributed by atoms with Crippen LogP contribution in [0.3, 0.4) is 0 Å². The van der Waals surface area contributed by atoms with Gasteiger partial charge >= 0.3 is 0 Å². The lowest BCUT2D eigenvalue weighted by Crippen LogP contribution is -2.31. The van der Waals surface area contributed by atoms with Crippen LogP contribution in [0, 0.1) is 0 Å². The molecule has 0 aromatic rings. The average Bonchev–Trinajstić information content (AvgIpc) is 2.35. The van der Waals surface area contributed by atoms with Crippen molar-refractivity contribution < 1.29 is 4.21 Å². The molecule has 3 unspecified atom stereocenters. The topological polar surface area (TPSA) is 55.1 Å². The van der Waals surface area contributed by atoms with Gasteiger partial charge in [0, 0.05) is 41.4 Å². The molecule has 1 aliphatic carbocycles. The SMILES string of the molecule is CS(=O)CCNC1CCC(N)C1. The maximum atomic E-state index is 10.7. The molecule has 72 valence electrons. The maximum Gasteiger partial charge on any atom is 0.0357 e. The van der Waals surface area contributed by atoms with Crippen molar-refractivity contribution >= 4 is 10.8 Å². The summed E-state index contributed by atoms with van der Waals surface area (Å²) in [5.74, 6) is 0.756. The lowest BCUT2D eigenvalue weighted by molar-refractivity contribution is 0.534. The van der Waals surface area contributed by atoms with Crippen molar-refractivity contribution in [3.63, 3.8) is 0 Å². The van der Waals surface area contributed by atoms with Crippen molar-refractivity contribution in [3.8, 4) is 0 Å². The van der Waals surface area contributed by atoms with Crippen LogP contribution in [0.5, 0.6) is 0 Å². The molecular weight excluding hydrogens is 172 g/mol. The van der Waals surface area contributed by atoms with Gasteiger partial charge < -0.3 is 11.1 Å². The Morgan fingerprint density at radius 1 is 1.58 bits per heavy atom. The summed E-state index contributed by atoms with van der Waals surface area (Å²) in [4.78, 5) is 0. The Kier molecular flexibility index (Phi) is 4.18. The highest BCUT2D eigenvalue weighted by Gasteiger charge is 2.20. The molecular formula is C8H18N2OS. The van der Waals surface area contributed by atoms with E-state index >= 15 is 0 Å². The monoisotopic (exact) mass is 190 g/mol. The average molecular weight is 190 g/mol. The van der Waals surface area contributed by atoms with Crippen LogP contribution in [0.25, 0.3) is 0 Å². The van der Waals surface area contributed by atoms with E-state index in [1.807, 2.05) is 0 Å². The lowest BCUT2D eigenvalue weighted by Gasteiger charge is -2.10. The highest BCUT2D eigenvalue weighted by atomic mass is 32.2. The van der Waals surface area contributed by atoms with Gasteiger partial charge in [0.05, 0.1) is 0 Å². The predicted octanol–water partition coefficient (Wildman–Crippen LogP) is -0.166. The number of nitrogens with one attached hydrogen (secondary N) is 1. The summed E-state index contributed by atoms with van der Waals surface area (Å²) in [6, 6.07) is 0.957. The third-order valence-corrected chi connectivity index (χ3v) is 3.07. The molecule has 0 spiro atoms. The Labute approximate surface area is 76.6 Å². The second-order valence-corrected chi connectivity index (χ2v) is 5.06. The van der Waals surface area contributed by atoms with Gasteiger partial charge in [-0.3, -0.25) is 4.21 Å². The molecule has 1 rings (SSSR count). The van der Waals surface area contributed by atoms with Gasteiger partial charge in [0.15, 0.2) is 0 Å². The minimum atomic E-state index is -0.668. The first-order valence-corrected chi connectivity index (χ1v) is 6.20. The molecule has 3 N–H and O–H groups in total. The van der Waals surface area contributed by atoms with Crippen molar-refractivity contribution in [2.75, 3.05) is 18.6 Å². The van der Waals surface area contributed by atoms with E-state index in [0.29, 0.717) is 12.1 Å². The Bertz CT molecular complexity index is 163. The van der Waals surface area contributed by atoms with Gasteiger partial charge in [-0.1, -0.05) is 0 Å². The van der Waals surface area contributed by atoms with E-state index in [1.54, 1.807) is 6.26 Å². The molecule has 1 saturated carbocycles. The molecule has 12 heavy (non-hydrogen) atoms. The summed E-state index contributed by atoms with van der Waals surface area (Å²) in [5, 5.41) is 3.37.